The third kappa shape index (κ3) is 6.23. The number of carbonyl (C=O) groups is 3. The third-order valence-electron chi connectivity index (χ3n) is 6.08. The Bertz CT molecular complexity index is 1310. The van der Waals surface area contributed by atoms with Crippen molar-refractivity contribution in [2.45, 2.75) is 39.0 Å². The van der Waals surface area contributed by atoms with Crippen molar-refractivity contribution >= 4 is 17.8 Å². The Kier molecular flexibility index (Phi) is 8.15. The molecule has 0 fully saturated rings. The van der Waals surface area contributed by atoms with Gasteiger partial charge in [0.15, 0.2) is 6.10 Å². The van der Waals surface area contributed by atoms with E-state index in [-0.39, 0.29) is 0 Å². The van der Waals surface area contributed by atoms with Crippen LogP contribution in [0.1, 0.15) is 32.4 Å². The van der Waals surface area contributed by atoms with E-state index < -0.39 is 41.4 Å². The van der Waals surface area contributed by atoms with Gasteiger partial charge in [-0.05, 0) is 45.9 Å². The summed E-state index contributed by atoms with van der Waals surface area (Å²) >= 11 is 0. The molecule has 37 heavy (non-hydrogen) atoms. The van der Waals surface area contributed by atoms with Gasteiger partial charge in [-0.25, -0.2) is 4.79 Å². The topological polar surface area (TPSA) is 144 Å². The molecule has 0 spiro atoms. The van der Waals surface area contributed by atoms with Gasteiger partial charge in [-0.1, -0.05) is 57.2 Å². The number of aliphatic hydroxyl groups excluding tert-OH is 1. The number of hydrogen-bond acceptors (Lipinski definition) is 5. The van der Waals surface area contributed by atoms with Gasteiger partial charge < -0.3 is 25.4 Å². The standard InChI is InChI=1S/C28H30N4O5/c1-28(2,3)24(26(35)30-4)31-25(34)22(23(33)27(36)37)32-14-13-21(16-32)20-11-9-19(10-12-20)18-7-5-17(15-29)6-8-18/h5-14,16,22-24,33H,1-4H3,(H,30,35)(H,31,34)(H,36,37)/t22?,23?,24-/m1/s1. The van der Waals surface area contributed by atoms with Gasteiger partial charge in [-0.15, -0.1) is 0 Å². The molecule has 3 aromatic rings. The van der Waals surface area contributed by atoms with Crippen molar-refractivity contribution in [2.24, 2.45) is 5.41 Å². The Morgan fingerprint density at radius 1 is 0.892 bits per heavy atom. The first-order valence-corrected chi connectivity index (χ1v) is 11.7. The molecule has 2 aromatic carbocycles. The smallest absolute Gasteiger partial charge is 0.335 e. The van der Waals surface area contributed by atoms with Crippen LogP contribution >= 0.6 is 0 Å². The number of amides is 2. The second-order valence-electron chi connectivity index (χ2n) is 9.76. The molecule has 0 aliphatic heterocycles. The van der Waals surface area contributed by atoms with Crippen LogP contribution in [-0.2, 0) is 14.4 Å². The van der Waals surface area contributed by atoms with E-state index in [1.807, 2.05) is 36.4 Å². The van der Waals surface area contributed by atoms with Crippen LogP contribution in [0.25, 0.3) is 22.3 Å². The zero-order valence-corrected chi connectivity index (χ0v) is 21.1. The summed E-state index contributed by atoms with van der Waals surface area (Å²) in [5.74, 6) is -2.79. The van der Waals surface area contributed by atoms with Gasteiger partial charge in [0.05, 0.1) is 11.6 Å². The van der Waals surface area contributed by atoms with Crippen LogP contribution in [0.3, 0.4) is 0 Å². The van der Waals surface area contributed by atoms with E-state index in [1.54, 1.807) is 45.2 Å². The highest BCUT2D eigenvalue weighted by Gasteiger charge is 2.38. The highest BCUT2D eigenvalue weighted by molar-refractivity contribution is 5.92. The largest absolute Gasteiger partial charge is 0.479 e. The van der Waals surface area contributed by atoms with Gasteiger partial charge in [0.1, 0.15) is 12.1 Å². The van der Waals surface area contributed by atoms with Crippen molar-refractivity contribution in [3.63, 3.8) is 0 Å². The first-order chi connectivity index (χ1) is 17.5. The van der Waals surface area contributed by atoms with Crippen LogP contribution < -0.4 is 10.6 Å². The Hall–Kier alpha value is -4.42. The number of carboxylic acid groups (broad SMARTS) is 1. The molecule has 192 valence electrons. The maximum Gasteiger partial charge on any atom is 0.335 e. The lowest BCUT2D eigenvalue weighted by molar-refractivity contribution is -0.153. The van der Waals surface area contributed by atoms with E-state index in [1.165, 1.54) is 17.8 Å². The zero-order valence-electron chi connectivity index (χ0n) is 21.1. The fourth-order valence-corrected chi connectivity index (χ4v) is 3.97. The van der Waals surface area contributed by atoms with Crippen LogP contribution in [0.5, 0.6) is 0 Å². The zero-order chi connectivity index (χ0) is 27.3. The van der Waals surface area contributed by atoms with Crippen molar-refractivity contribution in [2.75, 3.05) is 7.05 Å². The van der Waals surface area contributed by atoms with Crippen molar-refractivity contribution in [3.8, 4) is 28.3 Å². The molecule has 0 aliphatic carbocycles. The predicted molar refractivity (Wildman–Crippen MR) is 138 cm³/mol. The SMILES string of the molecule is CNC(=O)[C@@H](NC(=O)C(C(O)C(=O)O)n1ccc(-c2ccc(-c3ccc(C#N)cc3)cc2)c1)C(C)(C)C. The number of likely N-dealkylation sites (N-methyl/N-ethyl adjacent to an activating group) is 1. The molecule has 0 aliphatic rings. The van der Waals surface area contributed by atoms with Crippen LogP contribution in [-0.4, -0.2) is 51.8 Å². The first-order valence-electron chi connectivity index (χ1n) is 11.7. The highest BCUT2D eigenvalue weighted by Crippen LogP contribution is 2.28. The Morgan fingerprint density at radius 3 is 1.86 bits per heavy atom. The number of hydrogen-bond donors (Lipinski definition) is 4. The van der Waals surface area contributed by atoms with Gasteiger partial charge in [0.25, 0.3) is 0 Å². The molecule has 0 bridgehead atoms. The molecule has 4 N–H and O–H groups in total. The Labute approximate surface area is 215 Å². The number of aliphatic carboxylic acids is 1. The molecule has 0 radical (unpaired) electrons. The minimum Gasteiger partial charge on any atom is -0.479 e. The van der Waals surface area contributed by atoms with Crippen molar-refractivity contribution in [3.05, 3.63) is 72.6 Å². The van der Waals surface area contributed by atoms with Gasteiger partial charge in [-0.3, -0.25) is 9.59 Å². The molecule has 3 atom stereocenters. The molecule has 1 aromatic heterocycles. The number of nitriles is 1. The molecule has 9 nitrogen and oxygen atoms in total. The van der Waals surface area contributed by atoms with Crippen molar-refractivity contribution in [1.29, 1.82) is 5.26 Å². The summed E-state index contributed by atoms with van der Waals surface area (Å²) in [4.78, 5) is 37.2. The van der Waals surface area contributed by atoms with Gasteiger partial charge in [0.2, 0.25) is 11.8 Å². The quantitative estimate of drug-likeness (QED) is 0.373. The van der Waals surface area contributed by atoms with Gasteiger partial charge in [-0.2, -0.15) is 5.26 Å². The summed E-state index contributed by atoms with van der Waals surface area (Å²) in [6, 6.07) is 16.2. The monoisotopic (exact) mass is 502 g/mol. The molecule has 0 saturated carbocycles. The normalized spacial score (nSPS) is 13.6. The fourth-order valence-electron chi connectivity index (χ4n) is 3.97. The molecule has 3 rings (SSSR count). The number of aliphatic hydroxyl groups is 1. The lowest BCUT2D eigenvalue weighted by Gasteiger charge is -2.32. The molecule has 2 amide bonds. The van der Waals surface area contributed by atoms with E-state index in [4.69, 9.17) is 5.26 Å². The number of nitrogens with zero attached hydrogens (tertiary/aromatic N) is 2. The number of carbonyl (C=O) groups excluding carboxylic acids is 2. The molecule has 0 saturated heterocycles. The van der Waals surface area contributed by atoms with Crippen molar-refractivity contribution in [1.82, 2.24) is 15.2 Å². The second-order valence-corrected chi connectivity index (χ2v) is 9.76. The van der Waals surface area contributed by atoms with Crippen LogP contribution in [0.4, 0.5) is 0 Å². The van der Waals surface area contributed by atoms with Crippen LogP contribution in [0.15, 0.2) is 67.0 Å². The molecule has 1 heterocycles. The van der Waals surface area contributed by atoms with Crippen LogP contribution in [0, 0.1) is 16.7 Å². The number of benzene rings is 2. The molecule has 9 heteroatoms. The lowest BCUT2D eigenvalue weighted by atomic mass is 9.86. The summed E-state index contributed by atoms with van der Waals surface area (Å²) in [7, 11) is 1.45. The molecule has 2 unspecified atom stereocenters. The third-order valence-corrected chi connectivity index (χ3v) is 6.08. The van der Waals surface area contributed by atoms with Crippen molar-refractivity contribution < 1.29 is 24.6 Å². The highest BCUT2D eigenvalue weighted by atomic mass is 16.4. The summed E-state index contributed by atoms with van der Waals surface area (Å²) in [6.45, 7) is 5.31. The fraction of sp³-hybridized carbons (Fsp3) is 0.286. The van der Waals surface area contributed by atoms with E-state index in [0.717, 1.165) is 16.7 Å². The number of carboxylic acids is 1. The van der Waals surface area contributed by atoms with E-state index in [9.17, 15) is 24.6 Å². The maximum atomic E-state index is 13.2. The average molecular weight is 503 g/mol. The van der Waals surface area contributed by atoms with E-state index >= 15 is 0 Å². The van der Waals surface area contributed by atoms with Crippen LogP contribution in [0.2, 0.25) is 0 Å². The van der Waals surface area contributed by atoms with E-state index in [2.05, 4.69) is 16.7 Å². The number of nitrogens with one attached hydrogen (secondary N) is 2. The van der Waals surface area contributed by atoms with Gasteiger partial charge >= 0.3 is 5.97 Å². The summed E-state index contributed by atoms with van der Waals surface area (Å²) in [5.41, 5.74) is 3.35. The molecular formula is C28H30N4O5. The summed E-state index contributed by atoms with van der Waals surface area (Å²) in [5, 5.41) is 34.0. The minimum absolute atomic E-state index is 0.431. The summed E-state index contributed by atoms with van der Waals surface area (Å²) < 4.78 is 1.33. The Balaban J connectivity index is 1.89. The average Bonchev–Trinajstić information content (AvgIpc) is 3.36. The van der Waals surface area contributed by atoms with E-state index in [0.29, 0.717) is 11.1 Å². The predicted octanol–water partition coefficient (Wildman–Crippen LogP) is 2.96. The van der Waals surface area contributed by atoms with Gasteiger partial charge in [0, 0.05) is 19.4 Å². The number of rotatable bonds is 8. The lowest BCUT2D eigenvalue weighted by Crippen LogP contribution is -2.55. The summed E-state index contributed by atoms with van der Waals surface area (Å²) in [6.07, 6.45) is 1.06. The Morgan fingerprint density at radius 2 is 1.41 bits per heavy atom. The minimum atomic E-state index is -2.04. The second kappa shape index (κ2) is 11.1. The number of aromatic nitrogens is 1. The maximum absolute atomic E-state index is 13.2. The molecular weight excluding hydrogens is 472 g/mol. The first kappa shape index (κ1) is 27.2.